The van der Waals surface area contributed by atoms with E-state index in [1.807, 2.05) is 0 Å². The van der Waals surface area contributed by atoms with Gasteiger partial charge in [-0.2, -0.15) is 0 Å². The van der Waals surface area contributed by atoms with Gasteiger partial charge >= 0.3 is 0 Å². The third-order valence-electron chi connectivity index (χ3n) is 3.54. The average molecular weight is 319 g/mol. The summed E-state index contributed by atoms with van der Waals surface area (Å²) < 4.78 is 40.0. The first-order valence-corrected chi connectivity index (χ1v) is 6.76. The number of nitrogens with one attached hydrogen (secondary N) is 1. The van der Waals surface area contributed by atoms with E-state index >= 15 is 0 Å². The molecule has 7 heteroatoms. The second kappa shape index (κ2) is 5.42. The number of nitrogens with zero attached hydrogens (tertiary/aromatic N) is 2. The Labute approximate surface area is 129 Å². The molecule has 4 nitrogen and oxygen atoms in total. The van der Waals surface area contributed by atoms with Crippen LogP contribution in [-0.2, 0) is 0 Å². The number of aromatic nitrogens is 2. The molecule has 0 atom stereocenters. The van der Waals surface area contributed by atoms with Crippen molar-refractivity contribution in [3.63, 3.8) is 0 Å². The van der Waals surface area contributed by atoms with E-state index in [1.54, 1.807) is 25.1 Å². The third kappa shape index (κ3) is 2.54. The van der Waals surface area contributed by atoms with Crippen LogP contribution >= 0.6 is 0 Å². The Morgan fingerprint density at radius 2 is 1.87 bits per heavy atom. The molecule has 0 aliphatic rings. The van der Waals surface area contributed by atoms with Crippen molar-refractivity contribution in [2.24, 2.45) is 0 Å². The number of aryl methyl sites for hydroxylation is 1. The lowest BCUT2D eigenvalue weighted by atomic mass is 10.1. The number of carbonyl (C=O) groups is 1. The van der Waals surface area contributed by atoms with Gasteiger partial charge in [0.05, 0.1) is 16.6 Å². The number of benzene rings is 2. The molecule has 0 radical (unpaired) electrons. The molecule has 1 N–H and O–H groups in total. The number of hydrogen-bond donors (Lipinski definition) is 1. The van der Waals surface area contributed by atoms with Gasteiger partial charge in [0.2, 0.25) is 0 Å². The van der Waals surface area contributed by atoms with Crippen molar-refractivity contribution in [1.82, 2.24) is 9.97 Å². The maximum Gasteiger partial charge on any atom is 0.261 e. The zero-order valence-corrected chi connectivity index (χ0v) is 12.3. The van der Waals surface area contributed by atoms with Crippen LogP contribution in [0.1, 0.15) is 16.2 Å². The highest BCUT2D eigenvalue weighted by Crippen LogP contribution is 2.23. The van der Waals surface area contributed by atoms with Crippen molar-refractivity contribution >= 4 is 22.6 Å². The molecule has 1 heterocycles. The molecule has 3 aromatic rings. The first-order valence-electron chi connectivity index (χ1n) is 6.76. The molecule has 0 aliphatic heterocycles. The van der Waals surface area contributed by atoms with Gasteiger partial charge in [0.15, 0.2) is 17.5 Å². The van der Waals surface area contributed by atoms with E-state index in [-0.39, 0.29) is 0 Å². The van der Waals surface area contributed by atoms with Crippen LogP contribution in [0.25, 0.3) is 11.0 Å². The van der Waals surface area contributed by atoms with Gasteiger partial charge in [-0.1, -0.05) is 0 Å². The lowest BCUT2D eigenvalue weighted by molar-refractivity contribution is 0.0988. The molecule has 1 aromatic heterocycles. The van der Waals surface area contributed by atoms with Crippen molar-refractivity contribution in [3.05, 3.63) is 59.2 Å². The predicted octanol–water partition coefficient (Wildman–Crippen LogP) is 3.57. The standard InChI is InChI=1S/C16H12F3N3O/c1-8-20-12-6-3-9(7-13(12)21-8)22(2)16(23)10-4-5-11(17)15(19)14(10)18/h3-7H,1-2H3,(H,20,21). The van der Waals surface area contributed by atoms with E-state index < -0.39 is 28.9 Å². The zero-order chi connectivity index (χ0) is 16.7. The fourth-order valence-corrected chi connectivity index (χ4v) is 2.32. The van der Waals surface area contributed by atoms with Crippen molar-refractivity contribution < 1.29 is 18.0 Å². The minimum absolute atomic E-state index is 0.468. The molecule has 118 valence electrons. The molecule has 0 unspecified atom stereocenters. The van der Waals surface area contributed by atoms with E-state index in [9.17, 15) is 18.0 Å². The number of imidazole rings is 1. The van der Waals surface area contributed by atoms with Crippen LogP contribution in [0.2, 0.25) is 0 Å². The molecular formula is C16H12F3N3O. The number of rotatable bonds is 2. The minimum atomic E-state index is -1.66. The van der Waals surface area contributed by atoms with Crippen LogP contribution in [0.5, 0.6) is 0 Å². The van der Waals surface area contributed by atoms with Crippen LogP contribution in [0.3, 0.4) is 0 Å². The number of anilines is 1. The maximum atomic E-state index is 13.8. The molecule has 0 bridgehead atoms. The summed E-state index contributed by atoms with van der Waals surface area (Å²) in [6.07, 6.45) is 0. The largest absolute Gasteiger partial charge is 0.342 e. The van der Waals surface area contributed by atoms with Crippen molar-refractivity contribution in [3.8, 4) is 0 Å². The van der Waals surface area contributed by atoms with E-state index in [4.69, 9.17) is 0 Å². The van der Waals surface area contributed by atoms with Crippen LogP contribution in [-0.4, -0.2) is 22.9 Å². The zero-order valence-electron chi connectivity index (χ0n) is 12.3. The van der Waals surface area contributed by atoms with Crippen molar-refractivity contribution in [2.75, 3.05) is 11.9 Å². The number of aromatic amines is 1. The van der Waals surface area contributed by atoms with Crippen molar-refractivity contribution in [2.45, 2.75) is 6.92 Å². The summed E-state index contributed by atoms with van der Waals surface area (Å²) >= 11 is 0. The van der Waals surface area contributed by atoms with Gasteiger partial charge in [-0.3, -0.25) is 4.79 Å². The Balaban J connectivity index is 1.99. The fraction of sp³-hybridized carbons (Fsp3) is 0.125. The van der Waals surface area contributed by atoms with E-state index in [1.165, 1.54) is 7.05 Å². The highest BCUT2D eigenvalue weighted by atomic mass is 19.2. The second-order valence-corrected chi connectivity index (χ2v) is 5.11. The van der Waals surface area contributed by atoms with Gasteiger partial charge in [-0.05, 0) is 37.3 Å². The number of halogens is 3. The van der Waals surface area contributed by atoms with Crippen LogP contribution in [0.4, 0.5) is 18.9 Å². The Hall–Kier alpha value is -2.83. The number of H-pyrrole nitrogens is 1. The van der Waals surface area contributed by atoms with Crippen molar-refractivity contribution in [1.29, 1.82) is 0 Å². The number of hydrogen-bond acceptors (Lipinski definition) is 2. The number of amides is 1. The molecule has 0 saturated carbocycles. The average Bonchev–Trinajstić information content (AvgIpc) is 2.90. The summed E-state index contributed by atoms with van der Waals surface area (Å²) in [6.45, 7) is 1.80. The summed E-state index contributed by atoms with van der Waals surface area (Å²) in [5, 5.41) is 0. The van der Waals surface area contributed by atoms with E-state index in [0.29, 0.717) is 11.2 Å². The quantitative estimate of drug-likeness (QED) is 0.734. The predicted molar refractivity (Wildman–Crippen MR) is 79.9 cm³/mol. The molecule has 0 saturated heterocycles. The topological polar surface area (TPSA) is 49.0 Å². The van der Waals surface area contributed by atoms with Gasteiger partial charge < -0.3 is 9.88 Å². The van der Waals surface area contributed by atoms with Gasteiger partial charge in [0, 0.05) is 12.7 Å². The summed E-state index contributed by atoms with van der Waals surface area (Å²) in [5.74, 6) is -4.56. The smallest absolute Gasteiger partial charge is 0.261 e. The lowest BCUT2D eigenvalue weighted by Gasteiger charge is -2.18. The molecule has 3 rings (SSSR count). The second-order valence-electron chi connectivity index (χ2n) is 5.11. The third-order valence-corrected chi connectivity index (χ3v) is 3.54. The normalized spacial score (nSPS) is 11.0. The summed E-state index contributed by atoms with van der Waals surface area (Å²) in [4.78, 5) is 20.8. The Kier molecular flexibility index (Phi) is 3.55. The highest BCUT2D eigenvalue weighted by Gasteiger charge is 2.22. The van der Waals surface area contributed by atoms with Gasteiger partial charge in [0.25, 0.3) is 5.91 Å². The first-order chi connectivity index (χ1) is 10.9. The monoisotopic (exact) mass is 319 g/mol. The van der Waals surface area contributed by atoms with Crippen LogP contribution < -0.4 is 4.90 Å². The van der Waals surface area contributed by atoms with Crippen LogP contribution in [0, 0.1) is 24.4 Å². The Bertz CT molecular complexity index is 920. The molecule has 23 heavy (non-hydrogen) atoms. The van der Waals surface area contributed by atoms with Crippen LogP contribution in [0.15, 0.2) is 30.3 Å². The Morgan fingerprint density at radius 3 is 2.61 bits per heavy atom. The summed E-state index contributed by atoms with van der Waals surface area (Å²) in [7, 11) is 1.42. The molecule has 1 amide bonds. The number of fused-ring (bicyclic) bond motifs is 1. The summed E-state index contributed by atoms with van der Waals surface area (Å²) in [6, 6.07) is 6.66. The number of carbonyl (C=O) groups excluding carboxylic acids is 1. The van der Waals surface area contributed by atoms with Gasteiger partial charge in [-0.25, -0.2) is 18.2 Å². The maximum absolute atomic E-state index is 13.8. The van der Waals surface area contributed by atoms with E-state index in [0.717, 1.165) is 28.4 Å². The van der Waals surface area contributed by atoms with Gasteiger partial charge in [-0.15, -0.1) is 0 Å². The first kappa shape index (κ1) is 15.1. The Morgan fingerprint density at radius 1 is 1.13 bits per heavy atom. The molecule has 2 aromatic carbocycles. The van der Waals surface area contributed by atoms with E-state index in [2.05, 4.69) is 9.97 Å². The minimum Gasteiger partial charge on any atom is -0.342 e. The molecule has 0 aliphatic carbocycles. The molecule has 0 spiro atoms. The highest BCUT2D eigenvalue weighted by molar-refractivity contribution is 6.06. The molecular weight excluding hydrogens is 307 g/mol. The lowest BCUT2D eigenvalue weighted by Crippen LogP contribution is -2.27. The summed E-state index contributed by atoms with van der Waals surface area (Å²) in [5.41, 5.74) is 1.37. The molecule has 0 fully saturated rings. The van der Waals surface area contributed by atoms with Gasteiger partial charge in [0.1, 0.15) is 5.82 Å². The SMILES string of the molecule is Cc1nc2ccc(N(C)C(=O)c3ccc(F)c(F)c3F)cc2[nH]1. The fourth-order valence-electron chi connectivity index (χ4n) is 2.32.